The topological polar surface area (TPSA) is 107 Å². The molecule has 0 saturated carbocycles. The molecule has 2 atom stereocenters. The van der Waals surface area contributed by atoms with E-state index in [1.54, 1.807) is 10.0 Å². The van der Waals surface area contributed by atoms with Crippen LogP contribution in [0.4, 0.5) is 9.59 Å². The van der Waals surface area contributed by atoms with Crippen LogP contribution in [-0.2, 0) is 9.47 Å². The standard InChI is InChI=1S/C41H49N7O4/c1-40(2,3)51-38(49)47-35(17-19-45(47)7)33-23-32(24-42-33)27-11-9-26(10-12-27)28-13-14-30-22-31(16-15-29(30)21-28)34-25-43-37(44-34)36-18-20-46(8)48(36)39(50)52-41(4,5)6/h9-16,21-22,24-25,35-36H,17-20,23H2,1-8H3,(H,43,44)/t35-,36-/m0/s1. The molecule has 11 heteroatoms. The predicted octanol–water partition coefficient (Wildman–Crippen LogP) is 8.47. The second kappa shape index (κ2) is 13.5. The number of imidazole rings is 1. The van der Waals surface area contributed by atoms with E-state index < -0.39 is 11.2 Å². The summed E-state index contributed by atoms with van der Waals surface area (Å²) in [6.45, 7) is 12.8. The number of rotatable bonds is 5. The summed E-state index contributed by atoms with van der Waals surface area (Å²) >= 11 is 0. The van der Waals surface area contributed by atoms with Crippen molar-refractivity contribution in [1.82, 2.24) is 30.0 Å². The maximum absolute atomic E-state index is 13.0. The van der Waals surface area contributed by atoms with Crippen molar-refractivity contribution in [3.05, 3.63) is 84.4 Å². The highest BCUT2D eigenvalue weighted by Gasteiger charge is 2.40. The molecule has 0 radical (unpaired) electrons. The van der Waals surface area contributed by atoms with E-state index in [2.05, 4.69) is 65.6 Å². The van der Waals surface area contributed by atoms with E-state index >= 15 is 0 Å². The fourth-order valence-corrected chi connectivity index (χ4v) is 7.22. The van der Waals surface area contributed by atoms with Gasteiger partial charge in [-0.3, -0.25) is 4.99 Å². The number of aromatic nitrogens is 2. The SMILES string of the molecule is CN1CC[C@@H](C2=NC=C(c3ccc(-c4ccc5cc(-c6cnc([C@@H]7CCN(C)N7C(=O)OC(C)(C)C)[nH]6)ccc5c4)cc3)C2)N1C(=O)OC(C)(C)C. The van der Waals surface area contributed by atoms with Crippen LogP contribution in [-0.4, -0.2) is 92.3 Å². The Bertz CT molecular complexity index is 2050. The van der Waals surface area contributed by atoms with E-state index in [1.165, 1.54) is 0 Å². The Hall–Kier alpha value is -5.00. The van der Waals surface area contributed by atoms with Gasteiger partial charge in [-0.2, -0.15) is 0 Å². The molecule has 52 heavy (non-hydrogen) atoms. The molecule has 0 unspecified atom stereocenters. The van der Waals surface area contributed by atoms with E-state index in [0.717, 1.165) is 81.8 Å². The van der Waals surface area contributed by atoms with Crippen LogP contribution in [0.1, 0.15) is 78.2 Å². The second-order valence-corrected chi connectivity index (χ2v) is 16.0. The molecule has 4 heterocycles. The van der Waals surface area contributed by atoms with Gasteiger partial charge in [0, 0.05) is 51.1 Å². The maximum atomic E-state index is 13.0. The molecule has 4 aromatic rings. The number of aromatic amines is 1. The summed E-state index contributed by atoms with van der Waals surface area (Å²) in [6.07, 6.45) is 5.38. The molecular formula is C41H49N7O4. The number of allylic oxidation sites excluding steroid dienone is 1. The van der Waals surface area contributed by atoms with Crippen molar-refractivity contribution in [3.63, 3.8) is 0 Å². The molecule has 1 N–H and O–H groups in total. The van der Waals surface area contributed by atoms with Gasteiger partial charge in [0.1, 0.15) is 23.1 Å². The fraction of sp³-hybridized carbons (Fsp3) is 0.415. The van der Waals surface area contributed by atoms with Gasteiger partial charge in [0.2, 0.25) is 0 Å². The van der Waals surface area contributed by atoms with Crippen LogP contribution in [0.5, 0.6) is 0 Å². The van der Waals surface area contributed by atoms with Crippen LogP contribution in [0.15, 0.2) is 78.1 Å². The number of aliphatic imine (C=N–C) groups is 1. The highest BCUT2D eigenvalue weighted by Crippen LogP contribution is 2.35. The minimum atomic E-state index is -0.580. The molecular weight excluding hydrogens is 654 g/mol. The Balaban J connectivity index is 1.02. The summed E-state index contributed by atoms with van der Waals surface area (Å²) in [4.78, 5) is 39.0. The molecule has 3 aliphatic heterocycles. The maximum Gasteiger partial charge on any atom is 0.425 e. The monoisotopic (exact) mass is 703 g/mol. The Kier molecular flexibility index (Phi) is 9.21. The summed E-state index contributed by atoms with van der Waals surface area (Å²) in [5.74, 6) is 0.745. The molecule has 0 bridgehead atoms. The van der Waals surface area contributed by atoms with E-state index in [-0.39, 0.29) is 24.3 Å². The van der Waals surface area contributed by atoms with Gasteiger partial charge in [-0.1, -0.05) is 48.5 Å². The van der Waals surface area contributed by atoms with E-state index in [1.807, 2.05) is 78.1 Å². The normalized spacial score (nSPS) is 20.1. The van der Waals surface area contributed by atoms with Gasteiger partial charge in [0.15, 0.2) is 0 Å². The zero-order valence-corrected chi connectivity index (χ0v) is 31.4. The number of nitrogens with one attached hydrogen (secondary N) is 1. The van der Waals surface area contributed by atoms with Crippen molar-refractivity contribution in [2.24, 2.45) is 4.99 Å². The average molecular weight is 704 g/mol. The van der Waals surface area contributed by atoms with Gasteiger partial charge in [-0.05, 0) is 99.6 Å². The Morgan fingerprint density at radius 1 is 0.712 bits per heavy atom. The number of carbonyl (C=O) groups excluding carboxylic acids is 2. The lowest BCUT2D eigenvalue weighted by atomic mass is 9.95. The number of carbonyl (C=O) groups is 2. The summed E-state index contributed by atoms with van der Waals surface area (Å²) in [5, 5.41) is 9.49. The lowest BCUT2D eigenvalue weighted by molar-refractivity contribution is -0.0318. The van der Waals surface area contributed by atoms with Gasteiger partial charge < -0.3 is 14.5 Å². The molecule has 3 aromatic carbocycles. The third-order valence-electron chi connectivity index (χ3n) is 9.73. The third kappa shape index (κ3) is 7.33. The average Bonchev–Trinajstić information content (AvgIpc) is 3.89. The Labute approximate surface area is 305 Å². The number of hydrogen-bond donors (Lipinski definition) is 1. The van der Waals surface area contributed by atoms with E-state index in [9.17, 15) is 9.59 Å². The number of benzene rings is 3. The first-order valence-corrected chi connectivity index (χ1v) is 18.1. The van der Waals surface area contributed by atoms with E-state index in [0.29, 0.717) is 6.42 Å². The van der Waals surface area contributed by atoms with Crippen LogP contribution in [0, 0.1) is 0 Å². The molecule has 2 saturated heterocycles. The molecule has 0 aliphatic carbocycles. The van der Waals surface area contributed by atoms with Crippen molar-refractivity contribution in [2.75, 3.05) is 27.2 Å². The largest absolute Gasteiger partial charge is 0.443 e. The highest BCUT2D eigenvalue weighted by molar-refractivity contribution is 6.03. The summed E-state index contributed by atoms with van der Waals surface area (Å²) in [6, 6.07) is 21.3. The molecule has 272 valence electrons. The summed E-state index contributed by atoms with van der Waals surface area (Å²) < 4.78 is 11.4. The molecule has 7 rings (SSSR count). The minimum absolute atomic E-state index is 0.106. The molecule has 0 spiro atoms. The summed E-state index contributed by atoms with van der Waals surface area (Å²) in [5.41, 5.74) is 6.33. The minimum Gasteiger partial charge on any atom is -0.443 e. The molecule has 2 amide bonds. The number of fused-ring (bicyclic) bond motifs is 1. The molecule has 3 aliphatic rings. The van der Waals surface area contributed by atoms with Crippen molar-refractivity contribution < 1.29 is 19.1 Å². The fourth-order valence-electron chi connectivity index (χ4n) is 7.22. The predicted molar refractivity (Wildman–Crippen MR) is 204 cm³/mol. The first-order chi connectivity index (χ1) is 24.6. The smallest absolute Gasteiger partial charge is 0.425 e. The Morgan fingerprint density at radius 2 is 1.23 bits per heavy atom. The quantitative estimate of drug-likeness (QED) is 0.222. The highest BCUT2D eigenvalue weighted by atomic mass is 16.6. The number of amides is 2. The van der Waals surface area contributed by atoms with Crippen LogP contribution in [0.2, 0.25) is 0 Å². The van der Waals surface area contributed by atoms with Crippen molar-refractivity contribution in [1.29, 1.82) is 0 Å². The second-order valence-electron chi connectivity index (χ2n) is 16.0. The van der Waals surface area contributed by atoms with Gasteiger partial charge in [0.05, 0.1) is 17.9 Å². The third-order valence-corrected chi connectivity index (χ3v) is 9.73. The van der Waals surface area contributed by atoms with Crippen LogP contribution >= 0.6 is 0 Å². The van der Waals surface area contributed by atoms with Crippen LogP contribution < -0.4 is 0 Å². The zero-order valence-electron chi connectivity index (χ0n) is 31.4. The van der Waals surface area contributed by atoms with Crippen molar-refractivity contribution >= 4 is 34.2 Å². The van der Waals surface area contributed by atoms with E-state index in [4.69, 9.17) is 19.5 Å². The lowest BCUT2D eigenvalue weighted by Crippen LogP contribution is -2.48. The number of H-pyrrole nitrogens is 1. The summed E-state index contributed by atoms with van der Waals surface area (Å²) in [7, 11) is 3.82. The first-order valence-electron chi connectivity index (χ1n) is 18.1. The van der Waals surface area contributed by atoms with Crippen LogP contribution in [0.3, 0.4) is 0 Å². The molecule has 2 fully saturated rings. The van der Waals surface area contributed by atoms with Gasteiger partial charge in [-0.15, -0.1) is 0 Å². The van der Waals surface area contributed by atoms with Gasteiger partial charge >= 0.3 is 12.2 Å². The van der Waals surface area contributed by atoms with Crippen LogP contribution in [0.25, 0.3) is 38.7 Å². The van der Waals surface area contributed by atoms with Crippen molar-refractivity contribution in [3.8, 4) is 22.4 Å². The Morgan fingerprint density at radius 3 is 1.85 bits per heavy atom. The molecule has 1 aromatic heterocycles. The number of hydrazine groups is 2. The van der Waals surface area contributed by atoms with Crippen molar-refractivity contribution in [2.45, 2.75) is 84.1 Å². The number of ether oxygens (including phenoxy) is 2. The first kappa shape index (κ1) is 35.4. The van der Waals surface area contributed by atoms with Gasteiger partial charge in [0.25, 0.3) is 0 Å². The van der Waals surface area contributed by atoms with Gasteiger partial charge in [-0.25, -0.2) is 34.6 Å². The number of hydrogen-bond acceptors (Lipinski definition) is 8. The number of nitrogens with zero attached hydrogens (tertiary/aromatic N) is 6. The zero-order chi connectivity index (χ0) is 36.9. The molecule has 11 nitrogen and oxygen atoms in total. The lowest BCUT2D eigenvalue weighted by Gasteiger charge is -2.32.